The van der Waals surface area contributed by atoms with Crippen LogP contribution in [0.1, 0.15) is 54.9 Å². The van der Waals surface area contributed by atoms with E-state index in [4.69, 9.17) is 17.0 Å². The van der Waals surface area contributed by atoms with Gasteiger partial charge in [-0.25, -0.2) is 5.43 Å². The van der Waals surface area contributed by atoms with Gasteiger partial charge in [-0.2, -0.15) is 5.10 Å². The van der Waals surface area contributed by atoms with Crippen LogP contribution in [0.3, 0.4) is 0 Å². The predicted octanol–water partition coefficient (Wildman–Crippen LogP) is 5.34. The molecule has 1 amide bonds. The molecule has 0 radical (unpaired) electrons. The number of para-hydroxylation sites is 1. The number of ether oxygens (including phenoxy) is 1. The summed E-state index contributed by atoms with van der Waals surface area (Å²) in [4.78, 5) is 18.4. The Kier molecular flexibility index (Phi) is 7.58. The van der Waals surface area contributed by atoms with Gasteiger partial charge in [0.15, 0.2) is 4.77 Å². The van der Waals surface area contributed by atoms with E-state index in [0.717, 1.165) is 28.8 Å². The van der Waals surface area contributed by atoms with Crippen molar-refractivity contribution in [1.82, 2.24) is 15.4 Å². The van der Waals surface area contributed by atoms with Gasteiger partial charge in [0.25, 0.3) is 5.91 Å². The van der Waals surface area contributed by atoms with Crippen molar-refractivity contribution in [3.8, 4) is 5.75 Å². The fraction of sp³-hybridized carbons (Fsp3) is 0.318. The smallest absolute Gasteiger partial charge is 0.271 e. The van der Waals surface area contributed by atoms with Crippen LogP contribution in [0.15, 0.2) is 47.6 Å². The van der Waals surface area contributed by atoms with E-state index in [2.05, 4.69) is 27.4 Å². The molecule has 1 heterocycles. The highest BCUT2D eigenvalue weighted by molar-refractivity contribution is 7.71. The van der Waals surface area contributed by atoms with Crippen molar-refractivity contribution in [3.63, 3.8) is 0 Å². The largest absolute Gasteiger partial charge is 0.493 e. The van der Waals surface area contributed by atoms with E-state index in [1.54, 1.807) is 18.3 Å². The van der Waals surface area contributed by atoms with Crippen LogP contribution < -0.4 is 10.2 Å². The molecule has 3 N–H and O–H groups in total. The molecule has 0 spiro atoms. The number of amides is 1. The number of carbonyl (C=O) groups excluding carboxylic acids is 1. The molecule has 3 aromatic rings. The van der Waals surface area contributed by atoms with Gasteiger partial charge in [0.2, 0.25) is 0 Å². The number of imidazole rings is 1. The Morgan fingerprint density at radius 2 is 1.90 bits per heavy atom. The van der Waals surface area contributed by atoms with E-state index in [1.165, 1.54) is 25.7 Å². The van der Waals surface area contributed by atoms with Gasteiger partial charge in [-0.1, -0.05) is 44.7 Å². The van der Waals surface area contributed by atoms with Crippen LogP contribution in [0.4, 0.5) is 0 Å². The van der Waals surface area contributed by atoms with Crippen molar-refractivity contribution in [2.24, 2.45) is 5.10 Å². The fourth-order valence-electron chi connectivity index (χ4n) is 3.01. The minimum Gasteiger partial charge on any atom is -0.493 e. The zero-order chi connectivity index (χ0) is 20.5. The lowest BCUT2D eigenvalue weighted by molar-refractivity contribution is 0.0955. The van der Waals surface area contributed by atoms with Crippen LogP contribution in [0.2, 0.25) is 0 Å². The van der Waals surface area contributed by atoms with Gasteiger partial charge in [-0.05, 0) is 49.0 Å². The van der Waals surface area contributed by atoms with Crippen LogP contribution in [-0.2, 0) is 0 Å². The first kappa shape index (κ1) is 20.8. The van der Waals surface area contributed by atoms with Crippen LogP contribution in [-0.4, -0.2) is 28.7 Å². The third-order valence-electron chi connectivity index (χ3n) is 4.57. The number of benzene rings is 2. The summed E-state index contributed by atoms with van der Waals surface area (Å²) in [6.07, 6.45) is 7.56. The van der Waals surface area contributed by atoms with Gasteiger partial charge >= 0.3 is 0 Å². The van der Waals surface area contributed by atoms with Gasteiger partial charge in [-0.15, -0.1) is 0 Å². The summed E-state index contributed by atoms with van der Waals surface area (Å²) in [6, 6.07) is 12.9. The van der Waals surface area contributed by atoms with E-state index in [-0.39, 0.29) is 5.91 Å². The number of rotatable bonds is 10. The molecule has 0 aliphatic carbocycles. The molecule has 7 heteroatoms. The fourth-order valence-corrected chi connectivity index (χ4v) is 3.23. The average molecular weight is 411 g/mol. The highest BCUT2D eigenvalue weighted by atomic mass is 32.1. The Bertz CT molecular complexity index is 1040. The second-order valence-corrected chi connectivity index (χ2v) is 7.25. The third-order valence-corrected chi connectivity index (χ3v) is 4.78. The third kappa shape index (κ3) is 6.02. The second kappa shape index (κ2) is 10.6. The summed E-state index contributed by atoms with van der Waals surface area (Å²) in [5.74, 6) is 0.473. The maximum atomic E-state index is 12.4. The molecule has 0 saturated heterocycles. The van der Waals surface area contributed by atoms with Gasteiger partial charge in [-0.3, -0.25) is 4.79 Å². The molecular formula is C22H26N4O2S. The van der Waals surface area contributed by atoms with Crippen LogP contribution in [0.25, 0.3) is 11.0 Å². The van der Waals surface area contributed by atoms with Crippen LogP contribution in [0, 0.1) is 4.77 Å². The summed E-state index contributed by atoms with van der Waals surface area (Å²) < 4.78 is 6.41. The Morgan fingerprint density at radius 1 is 1.10 bits per heavy atom. The number of H-pyrrole nitrogens is 2. The standard InChI is InChI=1S/C22H26N4O2S/c1-2-3-4-5-8-13-28-20-10-7-6-9-17(20)15-23-26-21(27)16-11-12-18-19(14-16)25-22(29)24-18/h6-7,9-12,14-15H,2-5,8,13H2,1H3,(H,26,27)(H2,24,25,29)/b23-15-. The topological polar surface area (TPSA) is 82.3 Å². The van der Waals surface area contributed by atoms with Crippen molar-refractivity contribution >= 4 is 35.4 Å². The minimum atomic E-state index is -0.294. The normalized spacial score (nSPS) is 11.2. The van der Waals surface area contributed by atoms with Crippen LogP contribution >= 0.6 is 12.2 Å². The molecule has 152 valence electrons. The molecule has 0 saturated carbocycles. The summed E-state index contributed by atoms with van der Waals surface area (Å²) in [5.41, 5.74) is 5.52. The quantitative estimate of drug-likeness (QED) is 0.183. The summed E-state index contributed by atoms with van der Waals surface area (Å²) in [6.45, 7) is 2.89. The van der Waals surface area contributed by atoms with Crippen molar-refractivity contribution in [3.05, 3.63) is 58.4 Å². The van der Waals surface area contributed by atoms with Gasteiger partial charge in [0.1, 0.15) is 5.75 Å². The number of unbranched alkanes of at least 4 members (excludes halogenated alkanes) is 4. The van der Waals surface area contributed by atoms with E-state index < -0.39 is 0 Å². The number of hydrogen-bond donors (Lipinski definition) is 3. The molecule has 0 bridgehead atoms. The molecule has 0 unspecified atom stereocenters. The summed E-state index contributed by atoms with van der Waals surface area (Å²) in [5, 5.41) is 4.09. The summed E-state index contributed by atoms with van der Waals surface area (Å²) >= 11 is 5.07. The second-order valence-electron chi connectivity index (χ2n) is 6.84. The lowest BCUT2D eigenvalue weighted by atomic mass is 10.2. The molecule has 1 aromatic heterocycles. The number of hydrazone groups is 1. The molecule has 0 aliphatic rings. The SMILES string of the molecule is CCCCCCCOc1ccccc1/C=N\NC(=O)c1ccc2[nH]c(=S)[nH]c2c1. The summed E-state index contributed by atoms with van der Waals surface area (Å²) in [7, 11) is 0. The lowest BCUT2D eigenvalue weighted by Gasteiger charge is -2.08. The molecule has 29 heavy (non-hydrogen) atoms. The van der Waals surface area contributed by atoms with Crippen molar-refractivity contribution in [2.45, 2.75) is 39.0 Å². The first-order chi connectivity index (χ1) is 14.2. The molecule has 2 aromatic carbocycles. The zero-order valence-electron chi connectivity index (χ0n) is 16.5. The predicted molar refractivity (Wildman–Crippen MR) is 119 cm³/mol. The Hall–Kier alpha value is -2.93. The lowest BCUT2D eigenvalue weighted by Crippen LogP contribution is -2.17. The number of nitrogens with one attached hydrogen (secondary N) is 3. The Morgan fingerprint density at radius 3 is 2.76 bits per heavy atom. The highest BCUT2D eigenvalue weighted by Gasteiger charge is 2.07. The maximum absolute atomic E-state index is 12.4. The highest BCUT2D eigenvalue weighted by Crippen LogP contribution is 2.17. The van der Waals surface area contributed by atoms with Crippen molar-refractivity contribution in [2.75, 3.05) is 6.61 Å². The van der Waals surface area contributed by atoms with Crippen molar-refractivity contribution in [1.29, 1.82) is 0 Å². The molecule has 6 nitrogen and oxygen atoms in total. The first-order valence-corrected chi connectivity index (χ1v) is 10.4. The van der Waals surface area contributed by atoms with Gasteiger partial charge in [0, 0.05) is 11.1 Å². The average Bonchev–Trinajstić information content (AvgIpc) is 3.10. The van der Waals surface area contributed by atoms with E-state index >= 15 is 0 Å². The first-order valence-electron chi connectivity index (χ1n) is 9.94. The number of nitrogens with zero attached hydrogens (tertiary/aromatic N) is 1. The maximum Gasteiger partial charge on any atom is 0.271 e. The zero-order valence-corrected chi connectivity index (χ0v) is 17.3. The van der Waals surface area contributed by atoms with E-state index in [0.29, 0.717) is 16.9 Å². The monoisotopic (exact) mass is 410 g/mol. The van der Waals surface area contributed by atoms with E-state index in [9.17, 15) is 4.79 Å². The molecule has 0 aliphatic heterocycles. The molecule has 0 fully saturated rings. The number of hydrogen-bond acceptors (Lipinski definition) is 4. The molecule has 0 atom stereocenters. The van der Waals surface area contributed by atoms with Crippen molar-refractivity contribution < 1.29 is 9.53 Å². The molecule has 3 rings (SSSR count). The Balaban J connectivity index is 1.56. The minimum absolute atomic E-state index is 0.294. The number of fused-ring (bicyclic) bond motifs is 1. The Labute approximate surface area is 175 Å². The van der Waals surface area contributed by atoms with E-state index in [1.807, 2.05) is 30.3 Å². The molecular weight excluding hydrogens is 384 g/mol. The number of carbonyl (C=O) groups is 1. The van der Waals surface area contributed by atoms with Crippen LogP contribution in [0.5, 0.6) is 5.75 Å². The number of aromatic amines is 2. The number of aromatic nitrogens is 2. The van der Waals surface area contributed by atoms with Gasteiger partial charge in [0.05, 0.1) is 23.9 Å². The van der Waals surface area contributed by atoms with Gasteiger partial charge < -0.3 is 14.7 Å².